The highest BCUT2D eigenvalue weighted by atomic mass is 19.4. The Balaban J connectivity index is 0.00000400. The zero-order valence-electron chi connectivity index (χ0n) is 19.8. The molecule has 0 aliphatic heterocycles. The molecule has 0 atom stereocenters. The second kappa shape index (κ2) is 10.9. The minimum absolute atomic E-state index is 0. The highest BCUT2D eigenvalue weighted by molar-refractivity contribution is 6.00. The second-order valence-corrected chi connectivity index (χ2v) is 9.28. The van der Waals surface area contributed by atoms with Gasteiger partial charge < -0.3 is 10.6 Å². The molecule has 1 aliphatic rings. The summed E-state index contributed by atoms with van der Waals surface area (Å²) in [6.07, 6.45) is -2.18. The maximum atomic E-state index is 13.9. The summed E-state index contributed by atoms with van der Waals surface area (Å²) in [6.45, 7) is 1.000. The van der Waals surface area contributed by atoms with E-state index in [4.69, 9.17) is 0 Å². The summed E-state index contributed by atoms with van der Waals surface area (Å²) in [5.41, 5.74) is -0.647. The average molecular weight is 534 g/mol. The third kappa shape index (κ3) is 6.73. The normalized spacial score (nSPS) is 14.3. The van der Waals surface area contributed by atoms with Crippen LogP contribution < -0.4 is 10.6 Å². The first-order chi connectivity index (χ1) is 17.4. The minimum Gasteiger partial charge on any atom is -0.355 e. The molecule has 0 unspecified atom stereocenters. The van der Waals surface area contributed by atoms with Crippen LogP contribution in [0.25, 0.3) is 0 Å². The van der Waals surface area contributed by atoms with Crippen molar-refractivity contribution in [3.63, 3.8) is 0 Å². The van der Waals surface area contributed by atoms with Gasteiger partial charge in [0.2, 0.25) is 5.91 Å². The third-order valence-corrected chi connectivity index (χ3v) is 6.31. The molecule has 1 saturated carbocycles. The number of alkyl halides is 5. The number of aromatic nitrogens is 1. The van der Waals surface area contributed by atoms with Crippen LogP contribution in [0.2, 0.25) is 0 Å². The first kappa shape index (κ1) is 28.7. The van der Waals surface area contributed by atoms with Crippen LogP contribution in [0, 0.1) is 5.41 Å². The number of ketones is 1. The van der Waals surface area contributed by atoms with E-state index in [0.29, 0.717) is 24.7 Å². The number of pyridine rings is 1. The fraction of sp³-hybridized carbons (Fsp3) is 0.321. The topological polar surface area (TPSA) is 71.1 Å². The van der Waals surface area contributed by atoms with Gasteiger partial charge in [0.25, 0.3) is 5.92 Å². The number of benzene rings is 2. The number of hydrogen-bond acceptors (Lipinski definition) is 4. The second-order valence-electron chi connectivity index (χ2n) is 9.28. The van der Waals surface area contributed by atoms with Crippen LogP contribution >= 0.6 is 0 Å². The fourth-order valence-corrected chi connectivity index (χ4v) is 4.00. The molecule has 2 N–H and O–H groups in total. The number of carbonyl (C=O) groups is 2. The average Bonchev–Trinajstić information content (AvgIpc) is 3.63. The molecule has 3 aromatic rings. The molecule has 2 aromatic carbocycles. The fourth-order valence-electron chi connectivity index (χ4n) is 4.00. The summed E-state index contributed by atoms with van der Waals surface area (Å²) >= 11 is 0. The first-order valence-corrected chi connectivity index (χ1v) is 11.5. The van der Waals surface area contributed by atoms with Crippen LogP contribution in [0.1, 0.15) is 60.7 Å². The standard InChI is InChI=1S/C27H24F5N3O2.CH4/c1-25(28,29)21-4-2-3-5-22(21)35-20-8-6-17(7-9-20)14-34-24(37)26(10-11-26)13-23(36)18-12-19(16-33-15-18)27(30,31)32;/h2-9,12,15-16,35H,10-11,13-14H2,1H3,(H,34,37);1H4. The van der Waals surface area contributed by atoms with Crippen LogP contribution in [0.3, 0.4) is 0 Å². The zero-order valence-corrected chi connectivity index (χ0v) is 19.8. The number of nitrogens with one attached hydrogen (secondary N) is 2. The van der Waals surface area contributed by atoms with Gasteiger partial charge in [-0.2, -0.15) is 13.2 Å². The lowest BCUT2D eigenvalue weighted by Crippen LogP contribution is -2.33. The molecule has 1 fully saturated rings. The molecule has 1 amide bonds. The molecular formula is C28H28F5N3O2. The van der Waals surface area contributed by atoms with Gasteiger partial charge in [-0.05, 0) is 42.7 Å². The van der Waals surface area contributed by atoms with Crippen molar-refractivity contribution in [2.45, 2.75) is 52.3 Å². The Bertz CT molecular complexity index is 1300. The van der Waals surface area contributed by atoms with Crippen molar-refractivity contribution in [2.75, 3.05) is 5.32 Å². The maximum Gasteiger partial charge on any atom is 0.417 e. The van der Waals surface area contributed by atoms with Gasteiger partial charge in [0.05, 0.1) is 11.0 Å². The summed E-state index contributed by atoms with van der Waals surface area (Å²) in [7, 11) is 0. The Kier molecular flexibility index (Phi) is 8.24. The number of nitrogens with zero attached hydrogens (tertiary/aromatic N) is 1. The molecule has 1 aliphatic carbocycles. The number of anilines is 2. The number of para-hydroxylation sites is 1. The molecule has 38 heavy (non-hydrogen) atoms. The Morgan fingerprint density at radius 3 is 2.24 bits per heavy atom. The summed E-state index contributed by atoms with van der Waals surface area (Å²) in [5, 5.41) is 5.76. The summed E-state index contributed by atoms with van der Waals surface area (Å²) in [4.78, 5) is 28.9. The van der Waals surface area contributed by atoms with E-state index in [-0.39, 0.29) is 43.1 Å². The van der Waals surface area contributed by atoms with E-state index in [1.165, 1.54) is 6.07 Å². The van der Waals surface area contributed by atoms with Gasteiger partial charge in [-0.3, -0.25) is 14.6 Å². The van der Waals surface area contributed by atoms with E-state index in [2.05, 4.69) is 15.6 Å². The molecule has 0 bridgehead atoms. The number of carbonyl (C=O) groups excluding carboxylic acids is 2. The van der Waals surface area contributed by atoms with Gasteiger partial charge in [0, 0.05) is 54.8 Å². The summed E-state index contributed by atoms with van der Waals surface area (Å²) in [6, 6.07) is 13.7. The predicted molar refractivity (Wildman–Crippen MR) is 134 cm³/mol. The van der Waals surface area contributed by atoms with E-state index in [1.54, 1.807) is 42.5 Å². The lowest BCUT2D eigenvalue weighted by molar-refractivity contribution is -0.137. The molecule has 1 heterocycles. The van der Waals surface area contributed by atoms with Gasteiger partial charge in [0.15, 0.2) is 5.78 Å². The first-order valence-electron chi connectivity index (χ1n) is 11.5. The number of amides is 1. The van der Waals surface area contributed by atoms with E-state index >= 15 is 0 Å². The van der Waals surface area contributed by atoms with Crippen LogP contribution in [0.5, 0.6) is 0 Å². The van der Waals surface area contributed by atoms with E-state index in [9.17, 15) is 31.5 Å². The van der Waals surface area contributed by atoms with E-state index < -0.39 is 28.9 Å². The Hall–Kier alpha value is -3.82. The highest BCUT2D eigenvalue weighted by Crippen LogP contribution is 2.49. The van der Waals surface area contributed by atoms with Crippen LogP contribution in [0.4, 0.5) is 33.3 Å². The zero-order chi connectivity index (χ0) is 26.8. The number of Topliss-reactive ketones (excluding diaryl/α,β-unsaturated/α-hetero) is 1. The van der Waals surface area contributed by atoms with Gasteiger partial charge in [-0.25, -0.2) is 8.78 Å². The molecule has 1 aromatic heterocycles. The Morgan fingerprint density at radius 1 is 0.974 bits per heavy atom. The lowest BCUT2D eigenvalue weighted by atomic mass is 9.94. The van der Waals surface area contributed by atoms with Gasteiger partial charge in [-0.15, -0.1) is 0 Å². The van der Waals surface area contributed by atoms with Crippen molar-refractivity contribution < 1.29 is 31.5 Å². The van der Waals surface area contributed by atoms with Gasteiger partial charge >= 0.3 is 6.18 Å². The SMILES string of the molecule is C.CC(F)(F)c1ccccc1Nc1ccc(CNC(=O)C2(CC(=O)c3cncc(C(F)(F)F)c3)CC2)cc1. The van der Waals surface area contributed by atoms with Crippen LogP contribution in [-0.4, -0.2) is 16.7 Å². The lowest BCUT2D eigenvalue weighted by Gasteiger charge is -2.17. The van der Waals surface area contributed by atoms with Crippen molar-refractivity contribution in [1.29, 1.82) is 0 Å². The predicted octanol–water partition coefficient (Wildman–Crippen LogP) is 7.26. The highest BCUT2D eigenvalue weighted by Gasteiger charge is 2.51. The molecule has 5 nitrogen and oxygen atoms in total. The molecule has 0 radical (unpaired) electrons. The quantitative estimate of drug-likeness (QED) is 0.224. The van der Waals surface area contributed by atoms with Gasteiger partial charge in [-0.1, -0.05) is 37.8 Å². The van der Waals surface area contributed by atoms with Crippen LogP contribution in [-0.2, 0) is 23.4 Å². The molecule has 0 spiro atoms. The van der Waals surface area contributed by atoms with Crippen molar-refractivity contribution in [2.24, 2.45) is 5.41 Å². The Morgan fingerprint density at radius 2 is 1.63 bits per heavy atom. The van der Waals surface area contributed by atoms with Crippen molar-refractivity contribution in [3.8, 4) is 0 Å². The summed E-state index contributed by atoms with van der Waals surface area (Å²) < 4.78 is 66.5. The molecule has 10 heteroatoms. The van der Waals surface area contributed by atoms with E-state index in [0.717, 1.165) is 24.8 Å². The largest absolute Gasteiger partial charge is 0.417 e. The van der Waals surface area contributed by atoms with Crippen molar-refractivity contribution >= 4 is 23.1 Å². The molecule has 202 valence electrons. The van der Waals surface area contributed by atoms with Gasteiger partial charge in [0.1, 0.15) is 0 Å². The Labute approximate surface area is 217 Å². The van der Waals surface area contributed by atoms with Crippen LogP contribution in [0.15, 0.2) is 67.0 Å². The van der Waals surface area contributed by atoms with E-state index in [1.807, 2.05) is 0 Å². The number of hydrogen-bond donors (Lipinski definition) is 2. The number of halogens is 5. The molecule has 4 rings (SSSR count). The monoisotopic (exact) mass is 533 g/mol. The third-order valence-electron chi connectivity index (χ3n) is 6.31. The maximum absolute atomic E-state index is 13.9. The number of rotatable bonds is 9. The minimum atomic E-state index is -4.62. The smallest absolute Gasteiger partial charge is 0.355 e. The molecule has 0 saturated heterocycles. The van der Waals surface area contributed by atoms with Crippen molar-refractivity contribution in [3.05, 3.63) is 89.2 Å². The van der Waals surface area contributed by atoms with Crippen molar-refractivity contribution in [1.82, 2.24) is 10.3 Å². The summed E-state index contributed by atoms with van der Waals surface area (Å²) in [5.74, 6) is -3.92. The molecular weight excluding hydrogens is 505 g/mol.